The molecule has 0 aliphatic heterocycles. The fourth-order valence-corrected chi connectivity index (χ4v) is 2.17. The van der Waals surface area contributed by atoms with Crippen molar-refractivity contribution in [3.05, 3.63) is 30.0 Å². The van der Waals surface area contributed by atoms with E-state index in [1.807, 2.05) is 26.0 Å². The molecule has 0 unspecified atom stereocenters. The van der Waals surface area contributed by atoms with Gasteiger partial charge in [0.1, 0.15) is 0 Å². The number of amides is 1. The van der Waals surface area contributed by atoms with Crippen LogP contribution in [0.2, 0.25) is 0 Å². The molecular formula is C16H23N3O2. The van der Waals surface area contributed by atoms with Crippen LogP contribution < -0.4 is 11.1 Å². The molecule has 0 spiro atoms. The van der Waals surface area contributed by atoms with E-state index in [2.05, 4.69) is 10.3 Å². The molecule has 0 aliphatic carbocycles. The van der Waals surface area contributed by atoms with Crippen molar-refractivity contribution in [2.45, 2.75) is 32.8 Å². The van der Waals surface area contributed by atoms with Crippen LogP contribution in [0, 0.1) is 0 Å². The number of hydrogen-bond donors (Lipinski definition) is 3. The van der Waals surface area contributed by atoms with E-state index in [4.69, 9.17) is 10.5 Å². The number of benzene rings is 1. The van der Waals surface area contributed by atoms with Crippen LogP contribution in [0.4, 0.5) is 5.69 Å². The Labute approximate surface area is 124 Å². The third-order valence-electron chi connectivity index (χ3n) is 3.26. The smallest absolute Gasteiger partial charge is 0.253 e. The van der Waals surface area contributed by atoms with Gasteiger partial charge in [-0.25, -0.2) is 0 Å². The van der Waals surface area contributed by atoms with Crippen LogP contribution in [0.15, 0.2) is 24.4 Å². The lowest BCUT2D eigenvalue weighted by Gasteiger charge is -2.07. The van der Waals surface area contributed by atoms with Crippen LogP contribution in [0.3, 0.4) is 0 Å². The van der Waals surface area contributed by atoms with Gasteiger partial charge in [0.25, 0.3) is 5.91 Å². The van der Waals surface area contributed by atoms with Crippen LogP contribution >= 0.6 is 0 Å². The van der Waals surface area contributed by atoms with Crippen molar-refractivity contribution >= 4 is 22.5 Å². The number of carbonyl (C=O) groups is 1. The number of rotatable bonds is 7. The van der Waals surface area contributed by atoms with E-state index in [-0.39, 0.29) is 12.0 Å². The van der Waals surface area contributed by atoms with Gasteiger partial charge in [-0.05, 0) is 44.9 Å². The highest BCUT2D eigenvalue weighted by atomic mass is 16.5. The maximum absolute atomic E-state index is 12.2. The normalized spacial score (nSPS) is 11.2. The van der Waals surface area contributed by atoms with Crippen LogP contribution in [-0.4, -0.2) is 30.1 Å². The number of aromatic amines is 1. The lowest BCUT2D eigenvalue weighted by atomic mass is 10.1. The summed E-state index contributed by atoms with van der Waals surface area (Å²) in [6.07, 6.45) is 3.84. The summed E-state index contributed by atoms with van der Waals surface area (Å²) in [4.78, 5) is 15.2. The summed E-state index contributed by atoms with van der Waals surface area (Å²) in [7, 11) is 0. The number of aromatic nitrogens is 1. The maximum atomic E-state index is 12.2. The third-order valence-corrected chi connectivity index (χ3v) is 3.26. The van der Waals surface area contributed by atoms with Crippen LogP contribution in [-0.2, 0) is 4.74 Å². The monoisotopic (exact) mass is 289 g/mol. The molecule has 21 heavy (non-hydrogen) atoms. The van der Waals surface area contributed by atoms with Gasteiger partial charge < -0.3 is 20.8 Å². The number of nitrogens with two attached hydrogens (primary N) is 1. The van der Waals surface area contributed by atoms with Crippen LogP contribution in [0.5, 0.6) is 0 Å². The van der Waals surface area contributed by atoms with Gasteiger partial charge in [-0.2, -0.15) is 0 Å². The Morgan fingerprint density at radius 2 is 2.19 bits per heavy atom. The van der Waals surface area contributed by atoms with E-state index in [1.54, 1.807) is 12.3 Å². The number of carbonyl (C=O) groups excluding carboxylic acids is 1. The van der Waals surface area contributed by atoms with Crippen molar-refractivity contribution in [2.75, 3.05) is 18.9 Å². The highest BCUT2D eigenvalue weighted by Gasteiger charge is 2.11. The van der Waals surface area contributed by atoms with E-state index in [1.165, 1.54) is 0 Å². The molecule has 1 aromatic heterocycles. The van der Waals surface area contributed by atoms with Gasteiger partial charge in [-0.1, -0.05) is 0 Å². The highest BCUT2D eigenvalue weighted by Crippen LogP contribution is 2.20. The SMILES string of the molecule is CC(C)OCCCCNC(=O)c1c[nH]c2cc(N)ccc12. The zero-order valence-corrected chi connectivity index (χ0v) is 12.6. The van der Waals surface area contributed by atoms with Crippen molar-refractivity contribution < 1.29 is 9.53 Å². The van der Waals surface area contributed by atoms with Gasteiger partial charge in [0.05, 0.1) is 11.7 Å². The van der Waals surface area contributed by atoms with Crippen molar-refractivity contribution in [3.63, 3.8) is 0 Å². The molecule has 0 radical (unpaired) electrons. The van der Waals surface area contributed by atoms with Gasteiger partial charge >= 0.3 is 0 Å². The van der Waals surface area contributed by atoms with E-state index < -0.39 is 0 Å². The molecule has 2 aromatic rings. The van der Waals surface area contributed by atoms with E-state index in [0.717, 1.165) is 30.4 Å². The number of anilines is 1. The number of unbranched alkanes of at least 4 members (excludes halogenated alkanes) is 1. The molecule has 114 valence electrons. The topological polar surface area (TPSA) is 80.1 Å². The van der Waals surface area contributed by atoms with Gasteiger partial charge in [0.2, 0.25) is 0 Å². The van der Waals surface area contributed by atoms with Gasteiger partial charge in [0, 0.05) is 35.9 Å². The molecule has 5 heteroatoms. The van der Waals surface area contributed by atoms with E-state index in [0.29, 0.717) is 17.8 Å². The zero-order valence-electron chi connectivity index (χ0n) is 12.6. The Morgan fingerprint density at radius 1 is 1.38 bits per heavy atom. The summed E-state index contributed by atoms with van der Waals surface area (Å²) in [6.45, 7) is 5.43. The second-order valence-corrected chi connectivity index (χ2v) is 5.39. The second-order valence-electron chi connectivity index (χ2n) is 5.39. The summed E-state index contributed by atoms with van der Waals surface area (Å²) in [5, 5.41) is 3.83. The van der Waals surface area contributed by atoms with Crippen molar-refractivity contribution in [2.24, 2.45) is 0 Å². The molecule has 0 fully saturated rings. The predicted octanol–water partition coefficient (Wildman–Crippen LogP) is 2.69. The van der Waals surface area contributed by atoms with Crippen molar-refractivity contribution in [1.29, 1.82) is 0 Å². The molecule has 0 saturated heterocycles. The Morgan fingerprint density at radius 3 is 2.95 bits per heavy atom. The first-order chi connectivity index (χ1) is 10.1. The standard InChI is InChI=1S/C16H23N3O2/c1-11(2)21-8-4-3-7-18-16(20)14-10-19-15-9-12(17)5-6-13(14)15/h5-6,9-11,19H,3-4,7-8,17H2,1-2H3,(H,18,20). The Hall–Kier alpha value is -2.01. The minimum absolute atomic E-state index is 0.0594. The minimum atomic E-state index is -0.0594. The molecule has 0 bridgehead atoms. The average Bonchev–Trinajstić information content (AvgIpc) is 2.85. The first kappa shape index (κ1) is 15.4. The Bertz CT molecular complexity index is 605. The van der Waals surface area contributed by atoms with Crippen molar-refractivity contribution in [3.8, 4) is 0 Å². The highest BCUT2D eigenvalue weighted by molar-refractivity contribution is 6.07. The first-order valence-electron chi connectivity index (χ1n) is 7.34. The number of nitrogens with one attached hydrogen (secondary N) is 2. The molecule has 0 aliphatic rings. The number of nitrogen functional groups attached to an aromatic ring is 1. The lowest BCUT2D eigenvalue weighted by Crippen LogP contribution is -2.24. The van der Waals surface area contributed by atoms with Crippen molar-refractivity contribution in [1.82, 2.24) is 10.3 Å². The van der Waals surface area contributed by atoms with Gasteiger partial charge in [0.15, 0.2) is 0 Å². The predicted molar refractivity (Wildman–Crippen MR) is 85.4 cm³/mol. The molecule has 0 saturated carbocycles. The van der Waals surface area contributed by atoms with Gasteiger partial charge in [-0.3, -0.25) is 4.79 Å². The van der Waals surface area contributed by atoms with E-state index in [9.17, 15) is 4.79 Å². The average molecular weight is 289 g/mol. The number of hydrogen-bond acceptors (Lipinski definition) is 3. The number of ether oxygens (including phenoxy) is 1. The summed E-state index contributed by atoms with van der Waals surface area (Å²) >= 11 is 0. The fraction of sp³-hybridized carbons (Fsp3) is 0.438. The number of H-pyrrole nitrogens is 1. The molecule has 0 atom stereocenters. The molecule has 2 rings (SSSR count). The quantitative estimate of drug-likeness (QED) is 0.541. The second kappa shape index (κ2) is 7.13. The summed E-state index contributed by atoms with van der Waals surface area (Å²) in [6, 6.07) is 5.50. The lowest BCUT2D eigenvalue weighted by molar-refractivity contribution is 0.0754. The Balaban J connectivity index is 1.82. The number of fused-ring (bicyclic) bond motifs is 1. The minimum Gasteiger partial charge on any atom is -0.399 e. The molecule has 4 N–H and O–H groups in total. The largest absolute Gasteiger partial charge is 0.399 e. The third kappa shape index (κ3) is 4.23. The van der Waals surface area contributed by atoms with Crippen LogP contribution in [0.1, 0.15) is 37.0 Å². The zero-order chi connectivity index (χ0) is 15.2. The Kier molecular flexibility index (Phi) is 5.22. The summed E-state index contributed by atoms with van der Waals surface area (Å²) < 4.78 is 5.46. The first-order valence-corrected chi connectivity index (χ1v) is 7.34. The van der Waals surface area contributed by atoms with E-state index >= 15 is 0 Å². The molecule has 1 heterocycles. The summed E-state index contributed by atoms with van der Waals surface area (Å²) in [5.41, 5.74) is 7.94. The maximum Gasteiger partial charge on any atom is 0.253 e. The summed E-state index contributed by atoms with van der Waals surface area (Å²) in [5.74, 6) is -0.0594. The molecule has 1 aromatic carbocycles. The molecular weight excluding hydrogens is 266 g/mol. The fourth-order valence-electron chi connectivity index (χ4n) is 2.17. The van der Waals surface area contributed by atoms with Gasteiger partial charge in [-0.15, -0.1) is 0 Å². The molecule has 5 nitrogen and oxygen atoms in total. The van der Waals surface area contributed by atoms with Crippen LogP contribution in [0.25, 0.3) is 10.9 Å². The molecule has 1 amide bonds.